The predicted octanol–water partition coefficient (Wildman–Crippen LogP) is 2.14. The Morgan fingerprint density at radius 1 is 1.56 bits per heavy atom. The Kier molecular flexibility index (Phi) is 4.38. The Morgan fingerprint density at radius 3 is 3.06 bits per heavy atom. The highest BCUT2D eigenvalue weighted by atomic mass is 32.1. The lowest BCUT2D eigenvalue weighted by Crippen LogP contribution is -2.28. The Balaban J connectivity index is 1.71. The zero-order chi connectivity index (χ0) is 11.4. The van der Waals surface area contributed by atoms with E-state index >= 15 is 0 Å². The summed E-state index contributed by atoms with van der Waals surface area (Å²) in [4.78, 5) is 4.04. The van der Waals surface area contributed by atoms with Crippen LogP contribution in [0.15, 0.2) is 11.4 Å². The van der Waals surface area contributed by atoms with E-state index in [4.69, 9.17) is 0 Å². The van der Waals surface area contributed by atoms with E-state index in [0.29, 0.717) is 0 Å². The van der Waals surface area contributed by atoms with Gasteiger partial charge in [0.2, 0.25) is 0 Å². The van der Waals surface area contributed by atoms with Crippen LogP contribution in [-0.2, 0) is 6.42 Å². The van der Waals surface area contributed by atoms with Crippen LogP contribution in [-0.4, -0.2) is 38.1 Å². The number of aryl methyl sites for hydroxylation is 1. The average Bonchev–Trinajstić information content (AvgIpc) is 2.87. The highest BCUT2D eigenvalue weighted by molar-refractivity contribution is 7.10. The number of nitrogens with zero attached hydrogens (tertiary/aromatic N) is 1. The van der Waals surface area contributed by atoms with Crippen LogP contribution in [0.3, 0.4) is 0 Å². The standard InChI is InChI=1S/C13H22N2S/c1-11-5-8-16-13(11)4-7-15(2)10-12-3-6-14-9-12/h5,8,12,14H,3-4,6-7,9-10H2,1-2H3. The van der Waals surface area contributed by atoms with E-state index in [-0.39, 0.29) is 0 Å². The topological polar surface area (TPSA) is 15.3 Å². The molecule has 1 saturated heterocycles. The number of thiophene rings is 1. The molecule has 1 aliphatic heterocycles. The van der Waals surface area contributed by atoms with Crippen LogP contribution < -0.4 is 5.32 Å². The van der Waals surface area contributed by atoms with E-state index in [1.54, 1.807) is 4.88 Å². The molecule has 1 aromatic rings. The molecule has 16 heavy (non-hydrogen) atoms. The van der Waals surface area contributed by atoms with Crippen molar-refractivity contribution in [2.45, 2.75) is 19.8 Å². The van der Waals surface area contributed by atoms with Crippen LogP contribution in [0.1, 0.15) is 16.9 Å². The van der Waals surface area contributed by atoms with E-state index in [9.17, 15) is 0 Å². The van der Waals surface area contributed by atoms with Gasteiger partial charge in [-0.15, -0.1) is 11.3 Å². The summed E-state index contributed by atoms with van der Waals surface area (Å²) >= 11 is 1.90. The minimum atomic E-state index is 0.870. The van der Waals surface area contributed by atoms with Gasteiger partial charge in [-0.05, 0) is 62.8 Å². The summed E-state index contributed by atoms with van der Waals surface area (Å²) in [6.07, 6.45) is 2.56. The molecule has 90 valence electrons. The fraction of sp³-hybridized carbons (Fsp3) is 0.692. The van der Waals surface area contributed by atoms with Crippen LogP contribution in [0, 0.1) is 12.8 Å². The van der Waals surface area contributed by atoms with Gasteiger partial charge in [0.15, 0.2) is 0 Å². The van der Waals surface area contributed by atoms with Gasteiger partial charge in [-0.3, -0.25) is 0 Å². The lowest BCUT2D eigenvalue weighted by molar-refractivity contribution is 0.289. The lowest BCUT2D eigenvalue weighted by Gasteiger charge is -2.20. The van der Waals surface area contributed by atoms with Crippen molar-refractivity contribution in [3.63, 3.8) is 0 Å². The van der Waals surface area contributed by atoms with E-state index in [2.05, 4.69) is 35.6 Å². The highest BCUT2D eigenvalue weighted by Crippen LogP contribution is 2.16. The molecule has 3 heteroatoms. The molecule has 1 aromatic heterocycles. The molecule has 2 nitrogen and oxygen atoms in total. The number of hydrogen-bond acceptors (Lipinski definition) is 3. The first-order valence-corrected chi connectivity index (χ1v) is 7.06. The number of hydrogen-bond donors (Lipinski definition) is 1. The van der Waals surface area contributed by atoms with Gasteiger partial charge in [0, 0.05) is 18.0 Å². The van der Waals surface area contributed by atoms with Crippen molar-refractivity contribution < 1.29 is 0 Å². The first-order chi connectivity index (χ1) is 7.75. The van der Waals surface area contributed by atoms with E-state index in [1.807, 2.05) is 11.3 Å². The summed E-state index contributed by atoms with van der Waals surface area (Å²) < 4.78 is 0. The molecule has 2 heterocycles. The van der Waals surface area contributed by atoms with Gasteiger partial charge in [0.1, 0.15) is 0 Å². The van der Waals surface area contributed by atoms with Gasteiger partial charge in [0.25, 0.3) is 0 Å². The Hall–Kier alpha value is -0.380. The van der Waals surface area contributed by atoms with Gasteiger partial charge in [0.05, 0.1) is 0 Å². The maximum atomic E-state index is 3.43. The van der Waals surface area contributed by atoms with E-state index in [0.717, 1.165) is 5.92 Å². The monoisotopic (exact) mass is 238 g/mol. The molecule has 0 bridgehead atoms. The molecule has 1 atom stereocenters. The van der Waals surface area contributed by atoms with Gasteiger partial charge >= 0.3 is 0 Å². The van der Waals surface area contributed by atoms with Crippen LogP contribution in [0.2, 0.25) is 0 Å². The van der Waals surface area contributed by atoms with Gasteiger partial charge in [-0.25, -0.2) is 0 Å². The predicted molar refractivity (Wildman–Crippen MR) is 71.2 cm³/mol. The largest absolute Gasteiger partial charge is 0.316 e. The van der Waals surface area contributed by atoms with Crippen molar-refractivity contribution in [3.8, 4) is 0 Å². The van der Waals surface area contributed by atoms with Crippen LogP contribution >= 0.6 is 11.3 Å². The second kappa shape index (κ2) is 5.80. The lowest BCUT2D eigenvalue weighted by atomic mass is 10.1. The van der Waals surface area contributed by atoms with Crippen LogP contribution in [0.4, 0.5) is 0 Å². The Labute approximate surface area is 103 Å². The third kappa shape index (κ3) is 3.30. The second-order valence-corrected chi connectivity index (χ2v) is 5.90. The highest BCUT2D eigenvalue weighted by Gasteiger charge is 2.16. The summed E-state index contributed by atoms with van der Waals surface area (Å²) in [6, 6.07) is 2.22. The summed E-state index contributed by atoms with van der Waals surface area (Å²) in [5, 5.41) is 5.63. The minimum absolute atomic E-state index is 0.870. The SMILES string of the molecule is Cc1ccsc1CCN(C)CC1CCNC1. The molecule has 1 fully saturated rings. The summed E-state index contributed by atoms with van der Waals surface area (Å²) in [5.74, 6) is 0.870. The molecule has 0 saturated carbocycles. The summed E-state index contributed by atoms with van der Waals surface area (Å²) in [6.45, 7) is 7.08. The van der Waals surface area contributed by atoms with Crippen molar-refractivity contribution in [1.82, 2.24) is 10.2 Å². The fourth-order valence-corrected chi connectivity index (χ4v) is 3.25. The molecule has 0 aliphatic carbocycles. The molecule has 1 aliphatic rings. The average molecular weight is 238 g/mol. The first kappa shape index (κ1) is 12.1. The zero-order valence-corrected chi connectivity index (χ0v) is 11.1. The maximum absolute atomic E-state index is 3.43. The smallest absolute Gasteiger partial charge is 0.00871 e. The third-order valence-electron chi connectivity index (χ3n) is 3.42. The van der Waals surface area contributed by atoms with Gasteiger partial charge < -0.3 is 10.2 Å². The van der Waals surface area contributed by atoms with Crippen molar-refractivity contribution in [1.29, 1.82) is 0 Å². The number of nitrogens with one attached hydrogen (secondary N) is 1. The van der Waals surface area contributed by atoms with Crippen molar-refractivity contribution in [2.75, 3.05) is 33.2 Å². The Morgan fingerprint density at radius 2 is 2.44 bits per heavy atom. The third-order valence-corrected chi connectivity index (χ3v) is 4.50. The first-order valence-electron chi connectivity index (χ1n) is 6.18. The van der Waals surface area contributed by atoms with Crippen molar-refractivity contribution >= 4 is 11.3 Å². The molecule has 0 amide bonds. The normalized spacial score (nSPS) is 20.8. The second-order valence-electron chi connectivity index (χ2n) is 4.90. The summed E-state index contributed by atoms with van der Waals surface area (Å²) in [5.41, 5.74) is 1.46. The quantitative estimate of drug-likeness (QED) is 0.845. The molecule has 2 rings (SSSR count). The van der Waals surface area contributed by atoms with E-state index in [1.165, 1.54) is 44.6 Å². The van der Waals surface area contributed by atoms with E-state index < -0.39 is 0 Å². The van der Waals surface area contributed by atoms with Gasteiger partial charge in [-0.1, -0.05) is 0 Å². The molecular formula is C13H22N2S. The number of rotatable bonds is 5. The molecule has 1 N–H and O–H groups in total. The maximum Gasteiger partial charge on any atom is 0.00871 e. The van der Waals surface area contributed by atoms with Crippen molar-refractivity contribution in [2.24, 2.45) is 5.92 Å². The zero-order valence-electron chi connectivity index (χ0n) is 10.3. The fourth-order valence-electron chi connectivity index (χ4n) is 2.35. The molecular weight excluding hydrogens is 216 g/mol. The van der Waals surface area contributed by atoms with Crippen LogP contribution in [0.25, 0.3) is 0 Å². The van der Waals surface area contributed by atoms with Gasteiger partial charge in [-0.2, -0.15) is 0 Å². The molecule has 1 unspecified atom stereocenters. The molecule has 0 spiro atoms. The molecule has 0 aromatic carbocycles. The Bertz CT molecular complexity index is 315. The molecule has 0 radical (unpaired) electrons. The number of likely N-dealkylation sites (N-methyl/N-ethyl adjacent to an activating group) is 1. The van der Waals surface area contributed by atoms with Crippen molar-refractivity contribution in [3.05, 3.63) is 21.9 Å². The summed E-state index contributed by atoms with van der Waals surface area (Å²) in [7, 11) is 2.25. The minimum Gasteiger partial charge on any atom is -0.316 e. The van der Waals surface area contributed by atoms with Crippen LogP contribution in [0.5, 0.6) is 0 Å².